The van der Waals surface area contributed by atoms with Gasteiger partial charge in [-0.2, -0.15) is 4.39 Å². The molecule has 0 radical (unpaired) electrons. The number of hydrogen-bond acceptors (Lipinski definition) is 4. The van der Waals surface area contributed by atoms with Crippen LogP contribution >= 0.6 is 0 Å². The van der Waals surface area contributed by atoms with Crippen molar-refractivity contribution in [1.82, 2.24) is 4.72 Å². The third-order valence-electron chi connectivity index (χ3n) is 3.80. The van der Waals surface area contributed by atoms with Gasteiger partial charge in [0.25, 0.3) is 0 Å². The van der Waals surface area contributed by atoms with Crippen LogP contribution in [0.2, 0.25) is 0 Å². The van der Waals surface area contributed by atoms with Gasteiger partial charge in [-0.1, -0.05) is 26.0 Å². The van der Waals surface area contributed by atoms with Gasteiger partial charge >= 0.3 is 5.69 Å². The monoisotopic (exact) mass is 332 g/mol. The first-order chi connectivity index (χ1) is 10.3. The van der Waals surface area contributed by atoms with Gasteiger partial charge in [-0.3, -0.25) is 10.1 Å². The van der Waals surface area contributed by atoms with Crippen molar-refractivity contribution in [1.29, 1.82) is 0 Å². The molecule has 3 atom stereocenters. The molecule has 1 unspecified atom stereocenters. The van der Waals surface area contributed by atoms with E-state index in [1.54, 1.807) is 13.8 Å². The van der Waals surface area contributed by atoms with E-state index in [1.165, 1.54) is 12.1 Å². The Balaban J connectivity index is 3.34. The first-order valence-corrected chi connectivity index (χ1v) is 8.26. The highest BCUT2D eigenvalue weighted by atomic mass is 32.2. The predicted octanol–water partition coefficient (Wildman–Crippen LogP) is 2.38. The van der Waals surface area contributed by atoms with Crippen molar-refractivity contribution in [2.75, 3.05) is 6.61 Å². The van der Waals surface area contributed by atoms with E-state index in [4.69, 9.17) is 0 Å². The van der Waals surface area contributed by atoms with Crippen LogP contribution in [0.25, 0.3) is 0 Å². The lowest BCUT2D eigenvalue weighted by atomic mass is 9.88. The number of nitro groups is 1. The molecule has 0 aromatic heterocycles. The molecule has 0 aliphatic rings. The summed E-state index contributed by atoms with van der Waals surface area (Å²) in [6, 6.07) is 3.77. The van der Waals surface area contributed by atoms with Gasteiger partial charge in [-0.25, -0.2) is 8.93 Å². The van der Waals surface area contributed by atoms with Crippen molar-refractivity contribution in [2.24, 2.45) is 0 Å². The Morgan fingerprint density at radius 3 is 2.59 bits per heavy atom. The highest BCUT2D eigenvalue weighted by molar-refractivity contribution is 7.83. The molecule has 0 aliphatic carbocycles. The van der Waals surface area contributed by atoms with Crippen LogP contribution in [0.4, 0.5) is 10.1 Å². The number of benzene rings is 1. The summed E-state index contributed by atoms with van der Waals surface area (Å²) in [7, 11) is -1.51. The molecule has 8 heteroatoms. The van der Waals surface area contributed by atoms with Gasteiger partial charge in [0.05, 0.1) is 28.1 Å². The predicted molar refractivity (Wildman–Crippen MR) is 83.1 cm³/mol. The summed E-state index contributed by atoms with van der Waals surface area (Å²) < 4.78 is 29.4. The molecule has 1 rings (SSSR count). The molecule has 124 valence electrons. The SMILES string of the molecule is CC[C@@H](C)S(=O)N[C@](CC)(CO)c1cccc([N+](=O)[O-])c1F. The number of nitrogens with zero attached hydrogens (tertiary/aromatic N) is 1. The maximum atomic E-state index is 14.4. The quantitative estimate of drug-likeness (QED) is 0.565. The Morgan fingerprint density at radius 1 is 1.50 bits per heavy atom. The Bertz CT molecular complexity index is 564. The fraction of sp³-hybridized carbons (Fsp3) is 0.571. The Labute approximate surface area is 131 Å². The summed E-state index contributed by atoms with van der Waals surface area (Å²) in [6.45, 7) is 4.80. The van der Waals surface area contributed by atoms with Crippen LogP contribution in [0.1, 0.15) is 39.2 Å². The number of nitro benzene ring substituents is 1. The highest BCUT2D eigenvalue weighted by Crippen LogP contribution is 2.32. The maximum absolute atomic E-state index is 14.4. The number of nitrogens with one attached hydrogen (secondary N) is 1. The van der Waals surface area contributed by atoms with Crippen molar-refractivity contribution in [3.05, 3.63) is 39.7 Å². The second-order valence-electron chi connectivity index (χ2n) is 5.11. The van der Waals surface area contributed by atoms with E-state index in [9.17, 15) is 23.8 Å². The molecule has 22 heavy (non-hydrogen) atoms. The molecule has 0 bridgehead atoms. The van der Waals surface area contributed by atoms with Crippen molar-refractivity contribution in [2.45, 2.75) is 44.4 Å². The van der Waals surface area contributed by atoms with Gasteiger partial charge in [0.2, 0.25) is 5.82 Å². The lowest BCUT2D eigenvalue weighted by Crippen LogP contribution is -2.48. The lowest BCUT2D eigenvalue weighted by molar-refractivity contribution is -0.387. The lowest BCUT2D eigenvalue weighted by Gasteiger charge is -2.33. The average molecular weight is 332 g/mol. The third-order valence-corrected chi connectivity index (χ3v) is 5.46. The highest BCUT2D eigenvalue weighted by Gasteiger charge is 2.37. The Kier molecular flexibility index (Phi) is 6.58. The smallest absolute Gasteiger partial charge is 0.305 e. The zero-order valence-corrected chi connectivity index (χ0v) is 13.7. The molecule has 0 saturated carbocycles. The summed E-state index contributed by atoms with van der Waals surface area (Å²) in [5.74, 6) is -1.02. The maximum Gasteiger partial charge on any atom is 0.305 e. The molecule has 0 saturated heterocycles. The molecule has 0 aliphatic heterocycles. The molecule has 1 aromatic rings. The van der Waals surface area contributed by atoms with Crippen LogP contribution < -0.4 is 4.72 Å². The van der Waals surface area contributed by atoms with E-state index in [0.717, 1.165) is 6.07 Å². The fourth-order valence-corrected chi connectivity index (χ4v) is 3.23. The van der Waals surface area contributed by atoms with Gasteiger partial charge in [-0.05, 0) is 19.8 Å². The van der Waals surface area contributed by atoms with E-state index >= 15 is 0 Å². The van der Waals surface area contributed by atoms with E-state index in [2.05, 4.69) is 4.72 Å². The van der Waals surface area contributed by atoms with Crippen molar-refractivity contribution < 1.29 is 18.6 Å². The molecule has 1 aromatic carbocycles. The van der Waals surface area contributed by atoms with Crippen LogP contribution in [-0.4, -0.2) is 26.1 Å². The van der Waals surface area contributed by atoms with Crippen LogP contribution in [0.3, 0.4) is 0 Å². The van der Waals surface area contributed by atoms with Crippen molar-refractivity contribution in [3.63, 3.8) is 0 Å². The fourth-order valence-electron chi connectivity index (χ4n) is 2.02. The van der Waals surface area contributed by atoms with Crippen LogP contribution in [0.15, 0.2) is 18.2 Å². The normalized spacial score (nSPS) is 16.8. The number of aliphatic hydroxyl groups excluding tert-OH is 1. The zero-order chi connectivity index (χ0) is 16.9. The second-order valence-corrected chi connectivity index (χ2v) is 6.71. The van der Waals surface area contributed by atoms with Gasteiger partial charge in [0.1, 0.15) is 0 Å². The van der Waals surface area contributed by atoms with Crippen molar-refractivity contribution >= 4 is 16.7 Å². The van der Waals surface area contributed by atoms with Crippen LogP contribution in [0, 0.1) is 15.9 Å². The molecule has 6 nitrogen and oxygen atoms in total. The van der Waals surface area contributed by atoms with Gasteiger partial charge in [0.15, 0.2) is 0 Å². The van der Waals surface area contributed by atoms with Crippen LogP contribution in [0.5, 0.6) is 0 Å². The van der Waals surface area contributed by atoms with E-state index in [1.807, 2.05) is 6.92 Å². The zero-order valence-electron chi connectivity index (χ0n) is 12.8. The molecule has 2 N–H and O–H groups in total. The number of aliphatic hydroxyl groups is 1. The number of hydrogen-bond donors (Lipinski definition) is 2. The molecular formula is C14H21FN2O4S. The third kappa shape index (κ3) is 3.68. The van der Waals surface area contributed by atoms with E-state index < -0.39 is 39.6 Å². The summed E-state index contributed by atoms with van der Waals surface area (Å²) in [5.41, 5.74) is -2.05. The van der Waals surface area contributed by atoms with E-state index in [-0.39, 0.29) is 17.2 Å². The Hall–Kier alpha value is -1.38. The van der Waals surface area contributed by atoms with Gasteiger partial charge in [0, 0.05) is 16.9 Å². The first kappa shape index (κ1) is 18.7. The summed E-state index contributed by atoms with van der Waals surface area (Å²) >= 11 is 0. The topological polar surface area (TPSA) is 92.5 Å². The summed E-state index contributed by atoms with van der Waals surface area (Å²) in [5, 5.41) is 20.4. The largest absolute Gasteiger partial charge is 0.394 e. The van der Waals surface area contributed by atoms with Gasteiger partial charge in [-0.15, -0.1) is 0 Å². The van der Waals surface area contributed by atoms with Crippen LogP contribution in [-0.2, 0) is 16.5 Å². The minimum absolute atomic E-state index is 0.0525. The Morgan fingerprint density at radius 2 is 2.14 bits per heavy atom. The first-order valence-electron chi connectivity index (χ1n) is 7.05. The summed E-state index contributed by atoms with van der Waals surface area (Å²) in [6.07, 6.45) is 0.867. The average Bonchev–Trinajstić information content (AvgIpc) is 2.51. The molecular weight excluding hydrogens is 311 g/mol. The number of rotatable bonds is 8. The summed E-state index contributed by atoms with van der Waals surface area (Å²) in [4.78, 5) is 10.1. The molecule has 0 amide bonds. The minimum Gasteiger partial charge on any atom is -0.394 e. The molecule has 0 spiro atoms. The van der Waals surface area contributed by atoms with Crippen molar-refractivity contribution in [3.8, 4) is 0 Å². The molecule has 0 fully saturated rings. The minimum atomic E-state index is -1.51. The second kappa shape index (κ2) is 7.75. The van der Waals surface area contributed by atoms with Gasteiger partial charge < -0.3 is 5.11 Å². The van der Waals surface area contributed by atoms with E-state index in [0.29, 0.717) is 6.42 Å². The number of halogens is 1. The molecule has 0 heterocycles. The standard InChI is InChI=1S/C14H21FN2O4S/c1-4-10(3)22(21)16-14(5-2,9-18)11-7-6-8-12(13(11)15)17(19)20/h6-8,10,16,18H,4-5,9H2,1-3H3/t10-,14-,22?/m1/s1.